The molecule has 4 unspecified atom stereocenters. The van der Waals surface area contributed by atoms with Crippen molar-refractivity contribution in [1.82, 2.24) is 0 Å². The minimum absolute atomic E-state index is 0.00110. The third-order valence-corrected chi connectivity index (χ3v) is 10.8. The first-order valence-corrected chi connectivity index (χ1v) is 21.4. The van der Waals surface area contributed by atoms with Gasteiger partial charge in [0.15, 0.2) is 0 Å². The van der Waals surface area contributed by atoms with E-state index in [1.165, 1.54) is 0 Å². The topological polar surface area (TPSA) is 40.2 Å². The van der Waals surface area contributed by atoms with Crippen LogP contribution in [0.25, 0.3) is 11.1 Å². The number of hydrogen-bond acceptors (Lipinski definition) is 5. The van der Waals surface area contributed by atoms with Gasteiger partial charge in [-0.15, -0.1) is 0 Å². The summed E-state index contributed by atoms with van der Waals surface area (Å²) >= 11 is 0. The Hall–Kier alpha value is -5.88. The van der Waals surface area contributed by atoms with Gasteiger partial charge in [-0.1, -0.05) is 149 Å². The van der Waals surface area contributed by atoms with E-state index < -0.39 is 12.2 Å². The molecule has 0 heterocycles. The Kier molecular flexibility index (Phi) is 16.0. The van der Waals surface area contributed by atoms with Gasteiger partial charge in [0.2, 0.25) is 0 Å². The minimum atomic E-state index is -0.432. The molecule has 60 heavy (non-hydrogen) atoms. The molecule has 6 aromatic rings. The summed E-state index contributed by atoms with van der Waals surface area (Å²) in [4.78, 5) is 2.20. The minimum Gasteiger partial charge on any atom is -0.489 e. The van der Waals surface area contributed by atoms with Crippen LogP contribution in [0.15, 0.2) is 171 Å². The molecule has 0 fully saturated rings. The van der Waals surface area contributed by atoms with E-state index in [1.807, 2.05) is 66.7 Å². The molecule has 4 atom stereocenters. The standard InChI is InChI=1S/C55H61NO4/c1-8-19-40(3)59-54(46-27-32-50(33-28-46)57-38-44-21-13-10-14-22-44)42(5)52-36-31-49(56(7)48-25-17-12-18-26-48)37-53(52)43(6)55(60-41(4)20-9-2)47-29-34-51(35-30-47)58-39-45-23-15-11-16-24-45/h10-18,21-37,40-41,54-55H,5-6,8-9,19-20,38-39H2,1-4,7H3. The van der Waals surface area contributed by atoms with Crippen molar-refractivity contribution < 1.29 is 18.9 Å². The van der Waals surface area contributed by atoms with Gasteiger partial charge in [0.1, 0.15) is 36.9 Å². The summed E-state index contributed by atoms with van der Waals surface area (Å²) in [5.74, 6) is 1.60. The summed E-state index contributed by atoms with van der Waals surface area (Å²) in [5, 5.41) is 0. The fraction of sp³-hybridized carbons (Fsp3) is 0.273. The van der Waals surface area contributed by atoms with Crippen LogP contribution in [-0.2, 0) is 22.7 Å². The van der Waals surface area contributed by atoms with E-state index in [0.29, 0.717) is 13.2 Å². The molecule has 0 radical (unpaired) electrons. The summed E-state index contributed by atoms with van der Waals surface area (Å²) in [6, 6.07) is 53.9. The van der Waals surface area contributed by atoms with Crippen LogP contribution in [0.1, 0.15) is 99.0 Å². The van der Waals surface area contributed by atoms with Gasteiger partial charge in [-0.2, -0.15) is 0 Å². The van der Waals surface area contributed by atoms with Crippen molar-refractivity contribution in [3.63, 3.8) is 0 Å². The lowest BCUT2D eigenvalue weighted by Gasteiger charge is -2.30. The molecule has 0 saturated carbocycles. The van der Waals surface area contributed by atoms with E-state index in [1.54, 1.807) is 0 Å². The van der Waals surface area contributed by atoms with Crippen LogP contribution in [0.4, 0.5) is 11.4 Å². The second-order valence-corrected chi connectivity index (χ2v) is 15.6. The first-order valence-electron chi connectivity index (χ1n) is 21.4. The molecule has 0 aliphatic rings. The molecule has 0 aliphatic carbocycles. The number of nitrogens with zero attached hydrogens (tertiary/aromatic N) is 1. The zero-order valence-corrected chi connectivity index (χ0v) is 36.1. The van der Waals surface area contributed by atoms with Crippen molar-refractivity contribution in [1.29, 1.82) is 0 Å². The largest absolute Gasteiger partial charge is 0.489 e. The summed E-state index contributed by atoms with van der Waals surface area (Å²) in [6.07, 6.45) is 3.04. The number of para-hydroxylation sites is 1. The predicted molar refractivity (Wildman–Crippen MR) is 250 cm³/mol. The molecule has 0 bridgehead atoms. The Labute approximate surface area is 358 Å². The Balaban J connectivity index is 1.37. The van der Waals surface area contributed by atoms with Crippen molar-refractivity contribution in [3.8, 4) is 11.5 Å². The number of ether oxygens (including phenoxy) is 4. The Bertz CT molecular complexity index is 2220. The van der Waals surface area contributed by atoms with E-state index in [2.05, 4.69) is 131 Å². The maximum atomic E-state index is 6.96. The van der Waals surface area contributed by atoms with Crippen molar-refractivity contribution >= 4 is 22.5 Å². The zero-order chi connectivity index (χ0) is 42.3. The molecule has 0 N–H and O–H groups in total. The Morgan fingerprint density at radius 1 is 0.500 bits per heavy atom. The lowest BCUT2D eigenvalue weighted by molar-refractivity contribution is 0.0229. The van der Waals surface area contributed by atoms with Crippen molar-refractivity contribution in [3.05, 3.63) is 204 Å². The lowest BCUT2D eigenvalue weighted by atomic mass is 9.86. The average Bonchev–Trinajstić information content (AvgIpc) is 3.29. The highest BCUT2D eigenvalue weighted by Crippen LogP contribution is 2.43. The van der Waals surface area contributed by atoms with Gasteiger partial charge in [0, 0.05) is 18.4 Å². The van der Waals surface area contributed by atoms with Gasteiger partial charge in [-0.3, -0.25) is 0 Å². The maximum absolute atomic E-state index is 6.96. The van der Waals surface area contributed by atoms with Gasteiger partial charge < -0.3 is 23.8 Å². The van der Waals surface area contributed by atoms with Crippen LogP contribution in [-0.4, -0.2) is 19.3 Å². The van der Waals surface area contributed by atoms with Crippen LogP contribution in [0.5, 0.6) is 11.5 Å². The van der Waals surface area contributed by atoms with E-state index in [9.17, 15) is 0 Å². The third-order valence-electron chi connectivity index (χ3n) is 10.8. The van der Waals surface area contributed by atoms with E-state index >= 15 is 0 Å². The van der Waals surface area contributed by atoms with Crippen molar-refractivity contribution in [2.45, 2.75) is 91.0 Å². The fourth-order valence-electron chi connectivity index (χ4n) is 7.47. The Morgan fingerprint density at radius 2 is 0.917 bits per heavy atom. The highest BCUT2D eigenvalue weighted by molar-refractivity contribution is 5.85. The second kappa shape index (κ2) is 21.9. The molecule has 5 heteroatoms. The molecule has 6 rings (SSSR count). The Morgan fingerprint density at radius 3 is 1.35 bits per heavy atom. The average molecular weight is 800 g/mol. The van der Waals surface area contributed by atoms with Crippen LogP contribution in [0.2, 0.25) is 0 Å². The molecular weight excluding hydrogens is 739 g/mol. The summed E-state index contributed by atoms with van der Waals surface area (Å²) in [5.41, 5.74) is 9.98. The highest BCUT2D eigenvalue weighted by Gasteiger charge is 2.27. The molecule has 0 aromatic heterocycles. The predicted octanol–water partition coefficient (Wildman–Crippen LogP) is 14.5. The first-order chi connectivity index (χ1) is 29.2. The number of benzene rings is 6. The zero-order valence-electron chi connectivity index (χ0n) is 36.1. The SMILES string of the molecule is C=C(c1ccc(N(C)c2ccccc2)cc1C(=C)C(OC(C)CCC)c1ccc(OCc2ccccc2)cc1)C(OC(C)CCC)c1ccc(OCc2ccccc2)cc1. The molecule has 6 aromatic carbocycles. The van der Waals surface area contributed by atoms with Crippen LogP contribution in [0.3, 0.4) is 0 Å². The van der Waals surface area contributed by atoms with Crippen molar-refractivity contribution in [2.24, 2.45) is 0 Å². The van der Waals surface area contributed by atoms with Gasteiger partial charge in [-0.05, 0) is 120 Å². The monoisotopic (exact) mass is 799 g/mol. The third kappa shape index (κ3) is 11.9. The van der Waals surface area contributed by atoms with Crippen LogP contribution < -0.4 is 14.4 Å². The normalized spacial score (nSPS) is 13.2. The molecule has 310 valence electrons. The summed E-state index contributed by atoms with van der Waals surface area (Å²) in [7, 11) is 2.09. The lowest BCUT2D eigenvalue weighted by Crippen LogP contribution is -2.18. The van der Waals surface area contributed by atoms with Crippen molar-refractivity contribution in [2.75, 3.05) is 11.9 Å². The first kappa shape index (κ1) is 43.7. The van der Waals surface area contributed by atoms with E-state index in [0.717, 1.165) is 93.1 Å². The molecule has 5 nitrogen and oxygen atoms in total. The molecule has 0 spiro atoms. The molecule has 0 aliphatic heterocycles. The summed E-state index contributed by atoms with van der Waals surface area (Å²) < 4.78 is 26.2. The maximum Gasteiger partial charge on any atom is 0.119 e. The smallest absolute Gasteiger partial charge is 0.119 e. The second-order valence-electron chi connectivity index (χ2n) is 15.6. The quantitative estimate of drug-likeness (QED) is 0.0684. The van der Waals surface area contributed by atoms with Crippen LogP contribution in [0, 0.1) is 0 Å². The number of rotatable bonds is 22. The molecule has 0 saturated heterocycles. The number of hydrogen-bond donors (Lipinski definition) is 0. The van der Waals surface area contributed by atoms with Crippen LogP contribution >= 0.6 is 0 Å². The summed E-state index contributed by atoms with van der Waals surface area (Å²) in [6.45, 7) is 19.3. The van der Waals surface area contributed by atoms with Gasteiger partial charge >= 0.3 is 0 Å². The van der Waals surface area contributed by atoms with E-state index in [4.69, 9.17) is 32.1 Å². The van der Waals surface area contributed by atoms with Gasteiger partial charge in [0.05, 0.1) is 12.2 Å². The van der Waals surface area contributed by atoms with E-state index in [-0.39, 0.29) is 12.2 Å². The number of anilines is 2. The molecule has 0 amide bonds. The fourth-order valence-corrected chi connectivity index (χ4v) is 7.47. The molecular formula is C55H61NO4. The highest BCUT2D eigenvalue weighted by atomic mass is 16.5. The van der Waals surface area contributed by atoms with Gasteiger partial charge in [-0.25, -0.2) is 0 Å². The van der Waals surface area contributed by atoms with Gasteiger partial charge in [0.25, 0.3) is 0 Å².